The van der Waals surface area contributed by atoms with Crippen molar-refractivity contribution in [1.29, 1.82) is 0 Å². The number of esters is 1. The Labute approximate surface area is 168 Å². The number of hydrogen-bond acceptors (Lipinski definition) is 5. The maximum Gasteiger partial charge on any atom is 0.331 e. The first kappa shape index (κ1) is 19.8. The molecule has 1 aliphatic heterocycles. The largest absolute Gasteiger partial charge is 0.490 e. The average molecular weight is 402 g/mol. The molecule has 1 heterocycles. The number of fused-ring (bicyclic) bond motifs is 1. The molecule has 7 heteroatoms. The predicted molar refractivity (Wildman–Crippen MR) is 105 cm³/mol. The Morgan fingerprint density at radius 2 is 1.89 bits per heavy atom. The number of ether oxygens (including phenoxy) is 3. The van der Waals surface area contributed by atoms with Gasteiger partial charge in [0.25, 0.3) is 5.91 Å². The van der Waals surface area contributed by atoms with Gasteiger partial charge in [-0.15, -0.1) is 0 Å². The number of carbonyl (C=O) groups is 2. The van der Waals surface area contributed by atoms with Crippen molar-refractivity contribution in [3.05, 3.63) is 64.7 Å². The smallest absolute Gasteiger partial charge is 0.331 e. The van der Waals surface area contributed by atoms with E-state index in [-0.39, 0.29) is 13.2 Å². The van der Waals surface area contributed by atoms with Crippen molar-refractivity contribution in [2.45, 2.75) is 13.0 Å². The summed E-state index contributed by atoms with van der Waals surface area (Å²) in [5.41, 5.74) is 1.56. The maximum atomic E-state index is 11.8. The van der Waals surface area contributed by atoms with E-state index in [1.807, 2.05) is 24.3 Å². The molecule has 0 radical (unpaired) electrons. The zero-order valence-corrected chi connectivity index (χ0v) is 15.9. The van der Waals surface area contributed by atoms with E-state index in [4.69, 9.17) is 25.8 Å². The molecule has 0 atom stereocenters. The minimum absolute atomic E-state index is 0.267. The van der Waals surface area contributed by atoms with E-state index in [0.29, 0.717) is 29.7 Å². The predicted octanol–water partition coefficient (Wildman–Crippen LogP) is 3.37. The van der Waals surface area contributed by atoms with Crippen LogP contribution in [0.4, 0.5) is 0 Å². The van der Waals surface area contributed by atoms with E-state index < -0.39 is 11.9 Å². The molecule has 3 rings (SSSR count). The Kier molecular flexibility index (Phi) is 6.92. The summed E-state index contributed by atoms with van der Waals surface area (Å²) in [6, 6.07) is 12.6. The molecule has 0 fully saturated rings. The molecule has 0 aromatic heterocycles. The molecular formula is C21H20ClNO5. The molecule has 2 aromatic rings. The Morgan fingerprint density at radius 3 is 2.71 bits per heavy atom. The van der Waals surface area contributed by atoms with Crippen molar-refractivity contribution in [3.63, 3.8) is 0 Å². The summed E-state index contributed by atoms with van der Waals surface area (Å²) < 4.78 is 16.1. The van der Waals surface area contributed by atoms with Gasteiger partial charge in [-0.05, 0) is 35.4 Å². The van der Waals surface area contributed by atoms with Crippen molar-refractivity contribution < 1.29 is 23.8 Å². The van der Waals surface area contributed by atoms with Crippen molar-refractivity contribution in [3.8, 4) is 11.5 Å². The molecule has 1 amide bonds. The average Bonchev–Trinajstić information content (AvgIpc) is 2.95. The van der Waals surface area contributed by atoms with Gasteiger partial charge in [-0.1, -0.05) is 35.9 Å². The first-order chi connectivity index (χ1) is 13.6. The molecule has 0 bridgehead atoms. The lowest BCUT2D eigenvalue weighted by Gasteiger charge is -2.07. The van der Waals surface area contributed by atoms with Gasteiger partial charge < -0.3 is 19.5 Å². The number of nitrogens with one attached hydrogen (secondary N) is 1. The maximum absolute atomic E-state index is 11.8. The SMILES string of the molecule is O=C(COC(=O)/C=C/c1ccc2c(c1)OCCCO2)NCc1ccccc1Cl. The van der Waals surface area contributed by atoms with Gasteiger partial charge in [-0.3, -0.25) is 4.79 Å². The van der Waals surface area contributed by atoms with Gasteiger partial charge in [0.1, 0.15) is 0 Å². The highest BCUT2D eigenvalue weighted by Gasteiger charge is 2.10. The van der Waals surface area contributed by atoms with Crippen LogP contribution in [0.15, 0.2) is 48.5 Å². The minimum atomic E-state index is -0.611. The van der Waals surface area contributed by atoms with E-state index in [0.717, 1.165) is 17.5 Å². The highest BCUT2D eigenvalue weighted by molar-refractivity contribution is 6.31. The molecule has 1 N–H and O–H groups in total. The lowest BCUT2D eigenvalue weighted by molar-refractivity contribution is -0.143. The second kappa shape index (κ2) is 9.80. The van der Waals surface area contributed by atoms with Crippen molar-refractivity contribution in [1.82, 2.24) is 5.32 Å². The molecule has 2 aromatic carbocycles. The molecule has 0 saturated heterocycles. The number of benzene rings is 2. The van der Waals surface area contributed by atoms with Gasteiger partial charge >= 0.3 is 5.97 Å². The van der Waals surface area contributed by atoms with Crippen LogP contribution in [0, 0.1) is 0 Å². The van der Waals surface area contributed by atoms with Gasteiger partial charge in [-0.2, -0.15) is 0 Å². The second-order valence-corrected chi connectivity index (χ2v) is 6.47. The van der Waals surface area contributed by atoms with Crippen molar-refractivity contribution in [2.75, 3.05) is 19.8 Å². The summed E-state index contributed by atoms with van der Waals surface area (Å²) in [6.45, 7) is 1.11. The molecule has 0 unspecified atom stereocenters. The third kappa shape index (κ3) is 5.76. The minimum Gasteiger partial charge on any atom is -0.490 e. The molecule has 28 heavy (non-hydrogen) atoms. The fourth-order valence-corrected chi connectivity index (χ4v) is 2.72. The normalized spacial score (nSPS) is 13.0. The summed E-state index contributed by atoms with van der Waals surface area (Å²) >= 11 is 6.03. The first-order valence-electron chi connectivity index (χ1n) is 8.86. The van der Waals surface area contributed by atoms with E-state index in [2.05, 4.69) is 5.32 Å². The van der Waals surface area contributed by atoms with Crippen LogP contribution in [0.25, 0.3) is 6.08 Å². The highest BCUT2D eigenvalue weighted by Crippen LogP contribution is 2.30. The summed E-state index contributed by atoms with van der Waals surface area (Å²) in [4.78, 5) is 23.6. The standard InChI is InChI=1S/C21H20ClNO5/c22-17-5-2-1-4-16(17)13-23-20(24)14-28-21(25)9-7-15-6-8-18-19(12-15)27-11-3-10-26-18/h1-2,4-9,12H,3,10-11,13-14H2,(H,23,24)/b9-7+. The fourth-order valence-electron chi connectivity index (χ4n) is 2.52. The number of carbonyl (C=O) groups excluding carboxylic acids is 2. The summed E-state index contributed by atoms with van der Waals surface area (Å²) in [5.74, 6) is 0.316. The van der Waals surface area contributed by atoms with Crippen LogP contribution >= 0.6 is 11.6 Å². The van der Waals surface area contributed by atoms with Crippen LogP contribution in [0.5, 0.6) is 11.5 Å². The zero-order valence-electron chi connectivity index (χ0n) is 15.2. The van der Waals surface area contributed by atoms with E-state index >= 15 is 0 Å². The lowest BCUT2D eigenvalue weighted by Crippen LogP contribution is -2.28. The van der Waals surface area contributed by atoms with Crippen LogP contribution in [0.2, 0.25) is 5.02 Å². The van der Waals surface area contributed by atoms with Crippen molar-refractivity contribution in [2.24, 2.45) is 0 Å². The third-order valence-electron chi connectivity index (χ3n) is 3.96. The Morgan fingerprint density at radius 1 is 1.11 bits per heavy atom. The fraction of sp³-hybridized carbons (Fsp3) is 0.238. The highest BCUT2D eigenvalue weighted by atomic mass is 35.5. The lowest BCUT2D eigenvalue weighted by atomic mass is 10.2. The summed E-state index contributed by atoms with van der Waals surface area (Å²) in [5, 5.41) is 3.22. The van der Waals surface area contributed by atoms with Gasteiger partial charge in [0.15, 0.2) is 18.1 Å². The van der Waals surface area contributed by atoms with E-state index in [9.17, 15) is 9.59 Å². The number of hydrogen-bond donors (Lipinski definition) is 1. The topological polar surface area (TPSA) is 73.9 Å². The number of amides is 1. The van der Waals surface area contributed by atoms with Gasteiger partial charge in [0.2, 0.25) is 0 Å². The van der Waals surface area contributed by atoms with Crippen LogP contribution in [0.3, 0.4) is 0 Å². The quantitative estimate of drug-likeness (QED) is 0.593. The van der Waals surface area contributed by atoms with Gasteiger partial charge in [0, 0.05) is 24.1 Å². The Bertz CT molecular complexity index is 881. The third-order valence-corrected chi connectivity index (χ3v) is 4.33. The number of rotatable bonds is 6. The zero-order chi connectivity index (χ0) is 19.8. The second-order valence-electron chi connectivity index (χ2n) is 6.07. The molecule has 146 valence electrons. The molecule has 0 spiro atoms. The number of halogens is 1. The van der Waals surface area contributed by atoms with Crippen LogP contribution in [-0.2, 0) is 20.9 Å². The van der Waals surface area contributed by atoms with Crippen LogP contribution < -0.4 is 14.8 Å². The Balaban J connectivity index is 1.45. The summed E-state index contributed by atoms with van der Waals surface area (Å²) in [7, 11) is 0. The van der Waals surface area contributed by atoms with E-state index in [1.165, 1.54) is 6.08 Å². The molecule has 0 aliphatic carbocycles. The summed E-state index contributed by atoms with van der Waals surface area (Å²) in [6.07, 6.45) is 3.68. The molecular weight excluding hydrogens is 382 g/mol. The van der Waals surface area contributed by atoms with Gasteiger partial charge in [-0.25, -0.2) is 4.79 Å². The van der Waals surface area contributed by atoms with Crippen LogP contribution in [0.1, 0.15) is 17.5 Å². The van der Waals surface area contributed by atoms with Gasteiger partial charge in [0.05, 0.1) is 13.2 Å². The Hall–Kier alpha value is -2.99. The van der Waals surface area contributed by atoms with E-state index in [1.54, 1.807) is 24.3 Å². The van der Waals surface area contributed by atoms with Crippen molar-refractivity contribution >= 4 is 29.6 Å². The first-order valence-corrected chi connectivity index (χ1v) is 9.24. The molecule has 1 aliphatic rings. The molecule has 0 saturated carbocycles. The monoisotopic (exact) mass is 401 g/mol. The van der Waals surface area contributed by atoms with Crippen LogP contribution in [-0.4, -0.2) is 31.7 Å². The molecule has 6 nitrogen and oxygen atoms in total.